The molecule has 0 aromatic heterocycles. The molecule has 4 nitrogen and oxygen atoms in total. The molecule has 2 aliphatic rings. The lowest BCUT2D eigenvalue weighted by Crippen LogP contribution is -2.51. The molecule has 1 heterocycles. The molecule has 0 unspecified atom stereocenters. The summed E-state index contributed by atoms with van der Waals surface area (Å²) in [6.07, 6.45) is 4.14. The second-order valence-corrected chi connectivity index (χ2v) is 6.26. The van der Waals surface area contributed by atoms with Gasteiger partial charge in [-0.15, -0.1) is 0 Å². The van der Waals surface area contributed by atoms with Gasteiger partial charge < -0.3 is 9.80 Å². The average molecular weight is 322 g/mol. The number of hydrogen-bond donors (Lipinski definition) is 0. The molecule has 3 rings (SSSR count). The highest BCUT2D eigenvalue weighted by molar-refractivity contribution is 5.94. The Morgan fingerprint density at radius 2 is 1.39 bits per heavy atom. The van der Waals surface area contributed by atoms with Crippen molar-refractivity contribution in [2.45, 2.75) is 25.7 Å². The van der Waals surface area contributed by atoms with Gasteiger partial charge in [-0.05, 0) is 25.0 Å². The highest BCUT2D eigenvalue weighted by Crippen LogP contribution is 2.27. The quantitative estimate of drug-likeness (QED) is 0.839. The number of piperazine rings is 1. The van der Waals surface area contributed by atoms with Crippen LogP contribution in [0.15, 0.2) is 18.2 Å². The Morgan fingerprint density at radius 1 is 0.870 bits per heavy atom. The molecule has 1 aliphatic heterocycles. The van der Waals surface area contributed by atoms with E-state index in [-0.39, 0.29) is 17.4 Å². The average Bonchev–Trinajstić information content (AvgIpc) is 3.07. The lowest BCUT2D eigenvalue weighted by Gasteiger charge is -2.36. The summed E-state index contributed by atoms with van der Waals surface area (Å²) >= 11 is 0. The van der Waals surface area contributed by atoms with Gasteiger partial charge in [0.1, 0.15) is 11.6 Å². The van der Waals surface area contributed by atoms with E-state index >= 15 is 0 Å². The summed E-state index contributed by atoms with van der Waals surface area (Å²) in [6.45, 7) is 1.77. The molecule has 1 aliphatic carbocycles. The number of hydrogen-bond acceptors (Lipinski definition) is 2. The fraction of sp³-hybridized carbons (Fsp3) is 0.529. The van der Waals surface area contributed by atoms with Gasteiger partial charge in [-0.2, -0.15) is 0 Å². The van der Waals surface area contributed by atoms with Crippen molar-refractivity contribution in [3.63, 3.8) is 0 Å². The molecule has 0 radical (unpaired) electrons. The molecule has 0 N–H and O–H groups in total. The van der Waals surface area contributed by atoms with E-state index in [1.54, 1.807) is 4.90 Å². The van der Waals surface area contributed by atoms with E-state index in [1.165, 1.54) is 0 Å². The molecule has 0 spiro atoms. The predicted molar refractivity (Wildman–Crippen MR) is 80.8 cm³/mol. The molecule has 0 bridgehead atoms. The minimum Gasteiger partial charge on any atom is -0.339 e. The molecular formula is C17H20F2N2O2. The largest absolute Gasteiger partial charge is 0.339 e. The molecule has 1 saturated carbocycles. The normalized spacial score (nSPS) is 19.2. The van der Waals surface area contributed by atoms with Gasteiger partial charge in [0.25, 0.3) is 5.91 Å². The van der Waals surface area contributed by atoms with Gasteiger partial charge in [0, 0.05) is 43.7 Å². The van der Waals surface area contributed by atoms with Gasteiger partial charge in [-0.3, -0.25) is 9.59 Å². The van der Waals surface area contributed by atoms with E-state index in [9.17, 15) is 18.4 Å². The first-order chi connectivity index (χ1) is 11.0. The molecule has 0 atom stereocenters. The minimum atomic E-state index is -0.761. The molecule has 6 heteroatoms. The monoisotopic (exact) mass is 322 g/mol. The smallest absolute Gasteiger partial charge is 0.254 e. The standard InChI is InChI=1S/C17H20F2N2O2/c18-14-9-13(10-15(19)11-14)17(23)21-7-5-20(6-8-21)16(22)12-3-1-2-4-12/h9-12H,1-8H2. The first kappa shape index (κ1) is 15.9. The number of carbonyl (C=O) groups excluding carboxylic acids is 2. The second kappa shape index (κ2) is 6.64. The molecule has 2 fully saturated rings. The third kappa shape index (κ3) is 3.51. The summed E-state index contributed by atoms with van der Waals surface area (Å²) in [4.78, 5) is 28.0. The summed E-state index contributed by atoms with van der Waals surface area (Å²) in [6, 6.07) is 2.83. The van der Waals surface area contributed by atoms with Crippen molar-refractivity contribution < 1.29 is 18.4 Å². The topological polar surface area (TPSA) is 40.6 Å². The van der Waals surface area contributed by atoms with Crippen LogP contribution in [0.4, 0.5) is 8.78 Å². The lowest BCUT2D eigenvalue weighted by atomic mass is 10.1. The van der Waals surface area contributed by atoms with Crippen molar-refractivity contribution in [1.82, 2.24) is 9.80 Å². The van der Waals surface area contributed by atoms with Crippen LogP contribution in [0.3, 0.4) is 0 Å². The summed E-state index contributed by atoms with van der Waals surface area (Å²) in [5, 5.41) is 0. The number of amides is 2. The van der Waals surface area contributed by atoms with Crippen LogP contribution in [0.25, 0.3) is 0 Å². The minimum absolute atomic E-state index is 0.0121. The Kier molecular flexibility index (Phi) is 4.59. The van der Waals surface area contributed by atoms with Crippen LogP contribution in [0.1, 0.15) is 36.0 Å². The molecule has 2 amide bonds. The van der Waals surface area contributed by atoms with Crippen LogP contribution < -0.4 is 0 Å². The zero-order valence-corrected chi connectivity index (χ0v) is 12.9. The van der Waals surface area contributed by atoms with Crippen molar-refractivity contribution in [3.05, 3.63) is 35.4 Å². The third-order valence-electron chi connectivity index (χ3n) is 4.69. The SMILES string of the molecule is O=C(c1cc(F)cc(F)c1)N1CCN(C(=O)C2CCCC2)CC1. The van der Waals surface area contributed by atoms with Gasteiger partial charge >= 0.3 is 0 Å². The molecule has 1 aromatic rings. The maximum Gasteiger partial charge on any atom is 0.254 e. The molecule has 124 valence electrons. The summed E-state index contributed by atoms with van der Waals surface area (Å²) in [5.74, 6) is -1.59. The van der Waals surface area contributed by atoms with Crippen LogP contribution in [0.2, 0.25) is 0 Å². The summed E-state index contributed by atoms with van der Waals surface area (Å²) < 4.78 is 26.5. The predicted octanol–water partition coefficient (Wildman–Crippen LogP) is 2.44. The van der Waals surface area contributed by atoms with Gasteiger partial charge in [0.2, 0.25) is 5.91 Å². The van der Waals surface area contributed by atoms with Crippen molar-refractivity contribution in [3.8, 4) is 0 Å². The second-order valence-electron chi connectivity index (χ2n) is 6.26. The van der Waals surface area contributed by atoms with Crippen LogP contribution in [-0.4, -0.2) is 47.8 Å². The van der Waals surface area contributed by atoms with Crippen molar-refractivity contribution in [2.24, 2.45) is 5.92 Å². The van der Waals surface area contributed by atoms with Crippen LogP contribution >= 0.6 is 0 Å². The Labute approximate surface area is 134 Å². The van der Waals surface area contributed by atoms with E-state index in [4.69, 9.17) is 0 Å². The molecule has 1 aromatic carbocycles. The fourth-order valence-corrected chi connectivity index (χ4v) is 3.42. The first-order valence-corrected chi connectivity index (χ1v) is 8.09. The van der Waals surface area contributed by atoms with E-state index in [0.29, 0.717) is 26.2 Å². The third-order valence-corrected chi connectivity index (χ3v) is 4.69. The summed E-state index contributed by atoms with van der Waals surface area (Å²) in [7, 11) is 0. The van der Waals surface area contributed by atoms with E-state index in [2.05, 4.69) is 0 Å². The number of nitrogens with zero attached hydrogens (tertiary/aromatic N) is 2. The van der Waals surface area contributed by atoms with E-state index in [0.717, 1.165) is 43.9 Å². The van der Waals surface area contributed by atoms with E-state index < -0.39 is 17.5 Å². The van der Waals surface area contributed by atoms with Crippen LogP contribution in [0, 0.1) is 17.6 Å². The Hall–Kier alpha value is -1.98. The van der Waals surface area contributed by atoms with Crippen molar-refractivity contribution >= 4 is 11.8 Å². The Bertz CT molecular complexity index is 586. The fourth-order valence-electron chi connectivity index (χ4n) is 3.42. The Balaban J connectivity index is 1.59. The maximum absolute atomic E-state index is 13.2. The number of rotatable bonds is 2. The van der Waals surface area contributed by atoms with Gasteiger partial charge in [0.15, 0.2) is 0 Å². The summed E-state index contributed by atoms with van der Waals surface area (Å²) in [5.41, 5.74) is 0.0121. The molecule has 23 heavy (non-hydrogen) atoms. The number of halogens is 2. The molecular weight excluding hydrogens is 302 g/mol. The van der Waals surface area contributed by atoms with Crippen molar-refractivity contribution in [2.75, 3.05) is 26.2 Å². The van der Waals surface area contributed by atoms with Gasteiger partial charge in [0.05, 0.1) is 0 Å². The van der Waals surface area contributed by atoms with Crippen molar-refractivity contribution in [1.29, 1.82) is 0 Å². The highest BCUT2D eigenvalue weighted by atomic mass is 19.1. The van der Waals surface area contributed by atoms with Gasteiger partial charge in [-0.25, -0.2) is 8.78 Å². The number of benzene rings is 1. The van der Waals surface area contributed by atoms with Crippen LogP contribution in [0.5, 0.6) is 0 Å². The highest BCUT2D eigenvalue weighted by Gasteiger charge is 2.30. The maximum atomic E-state index is 13.2. The lowest BCUT2D eigenvalue weighted by molar-refractivity contribution is -0.136. The van der Waals surface area contributed by atoms with Crippen LogP contribution in [-0.2, 0) is 4.79 Å². The Morgan fingerprint density at radius 3 is 1.96 bits per heavy atom. The number of carbonyl (C=O) groups is 2. The van der Waals surface area contributed by atoms with E-state index in [1.807, 2.05) is 4.90 Å². The molecule has 1 saturated heterocycles. The zero-order chi connectivity index (χ0) is 16.4. The van der Waals surface area contributed by atoms with Gasteiger partial charge in [-0.1, -0.05) is 12.8 Å². The zero-order valence-electron chi connectivity index (χ0n) is 12.9. The first-order valence-electron chi connectivity index (χ1n) is 8.09.